The van der Waals surface area contributed by atoms with Crippen molar-refractivity contribution in [3.63, 3.8) is 0 Å². The van der Waals surface area contributed by atoms with Crippen molar-refractivity contribution in [2.45, 2.75) is 96.1 Å². The van der Waals surface area contributed by atoms with Crippen molar-refractivity contribution < 1.29 is 24.3 Å². The van der Waals surface area contributed by atoms with Gasteiger partial charge in [0.25, 0.3) is 0 Å². The highest BCUT2D eigenvalue weighted by Crippen LogP contribution is 2.32. The molecule has 3 aromatic rings. The molecule has 7 nitrogen and oxygen atoms in total. The van der Waals surface area contributed by atoms with E-state index >= 15 is 0 Å². The summed E-state index contributed by atoms with van der Waals surface area (Å²) < 4.78 is 0. The molecule has 4 rings (SSSR count). The number of carboxylic acid groups (broad SMARTS) is 1. The summed E-state index contributed by atoms with van der Waals surface area (Å²) in [5, 5.41) is 12.6. The van der Waals surface area contributed by atoms with Crippen LogP contribution in [0.5, 0.6) is 0 Å². The largest absolute Gasteiger partial charge is 0.480 e. The van der Waals surface area contributed by atoms with Crippen molar-refractivity contribution in [3.8, 4) is 0 Å². The van der Waals surface area contributed by atoms with Crippen molar-refractivity contribution in [1.29, 1.82) is 0 Å². The van der Waals surface area contributed by atoms with E-state index in [0.717, 1.165) is 54.4 Å². The minimum atomic E-state index is -1.06. The molecule has 0 bridgehead atoms. The molecule has 5 atom stereocenters. The molecule has 0 radical (unpaired) electrons. The SMILES string of the molecule is CCC(Cc1ccccc1)C(=O)N[C@@H](Cc1ccc(CCCC(=O)C2CCCC(C(=O)CC(N)Cc3ccccc3)C2)cc1)C(=O)O. The predicted octanol–water partition coefficient (Wildman–Crippen LogP) is 6.29. The minimum absolute atomic E-state index is 0.0615. The van der Waals surface area contributed by atoms with E-state index in [9.17, 15) is 24.3 Å². The molecule has 4 N–H and O–H groups in total. The molecule has 0 saturated heterocycles. The van der Waals surface area contributed by atoms with Crippen molar-refractivity contribution in [2.24, 2.45) is 23.5 Å². The van der Waals surface area contributed by atoms with Gasteiger partial charge in [-0.15, -0.1) is 0 Å². The van der Waals surface area contributed by atoms with Crippen LogP contribution in [0.25, 0.3) is 0 Å². The van der Waals surface area contributed by atoms with Crippen LogP contribution in [0, 0.1) is 17.8 Å². The normalized spacial score (nSPS) is 18.1. The molecule has 0 aliphatic heterocycles. The van der Waals surface area contributed by atoms with Crippen LogP contribution in [0.4, 0.5) is 0 Å². The summed E-state index contributed by atoms with van der Waals surface area (Å²) in [5.41, 5.74) is 10.4. The number of carbonyl (C=O) groups is 4. The zero-order valence-corrected chi connectivity index (χ0v) is 27.6. The fourth-order valence-corrected chi connectivity index (χ4v) is 6.75. The van der Waals surface area contributed by atoms with Crippen LogP contribution in [0.15, 0.2) is 84.9 Å². The van der Waals surface area contributed by atoms with Gasteiger partial charge in [-0.2, -0.15) is 0 Å². The molecule has 1 saturated carbocycles. The van der Waals surface area contributed by atoms with Gasteiger partial charge in [0.15, 0.2) is 0 Å². The number of benzene rings is 3. The number of Topliss-reactive ketones (excluding diaryl/α,β-unsaturated/α-hetero) is 2. The molecule has 7 heteroatoms. The second-order valence-electron chi connectivity index (χ2n) is 13.2. The number of hydrogen-bond acceptors (Lipinski definition) is 5. The number of ketones is 2. The van der Waals surface area contributed by atoms with Crippen molar-refractivity contribution >= 4 is 23.4 Å². The average molecular weight is 639 g/mol. The maximum atomic E-state index is 13.1. The average Bonchev–Trinajstić information content (AvgIpc) is 3.08. The van der Waals surface area contributed by atoms with E-state index in [1.807, 2.05) is 91.9 Å². The third-order valence-corrected chi connectivity index (χ3v) is 9.54. The van der Waals surface area contributed by atoms with E-state index in [2.05, 4.69) is 5.32 Å². The standard InChI is InChI=1S/C40H50N2O5/c1-2-32(23-29-11-5-3-6-12-29)39(45)42-36(40(46)47)25-31-21-19-28(20-22-31)15-9-18-37(43)33-16-10-17-34(26-33)38(44)27-35(41)24-30-13-7-4-8-14-30/h3-8,11-14,19-22,32-36H,2,9-10,15-18,23-27,41H2,1H3,(H,42,45)(H,46,47)/t32?,33?,34?,35?,36-/m0/s1. The van der Waals surface area contributed by atoms with Crippen molar-refractivity contribution in [2.75, 3.05) is 0 Å². The second kappa shape index (κ2) is 18.3. The molecule has 0 heterocycles. The van der Waals surface area contributed by atoms with Crippen LogP contribution >= 0.6 is 0 Å². The smallest absolute Gasteiger partial charge is 0.326 e. The molecule has 1 fully saturated rings. The molecule has 1 aliphatic carbocycles. The van der Waals surface area contributed by atoms with Gasteiger partial charge in [-0.3, -0.25) is 14.4 Å². The van der Waals surface area contributed by atoms with E-state index in [0.29, 0.717) is 38.5 Å². The molecule has 1 amide bonds. The van der Waals surface area contributed by atoms with Crippen LogP contribution in [0.3, 0.4) is 0 Å². The number of amides is 1. The summed E-state index contributed by atoms with van der Waals surface area (Å²) in [4.78, 5) is 51.1. The van der Waals surface area contributed by atoms with Crippen LogP contribution in [0.1, 0.15) is 80.5 Å². The highest BCUT2D eigenvalue weighted by Gasteiger charge is 2.31. The van der Waals surface area contributed by atoms with Gasteiger partial charge in [0.1, 0.15) is 17.6 Å². The Hall–Kier alpha value is -4.10. The van der Waals surface area contributed by atoms with E-state index in [-0.39, 0.29) is 47.7 Å². The molecule has 3 aromatic carbocycles. The van der Waals surface area contributed by atoms with Gasteiger partial charge in [-0.25, -0.2) is 4.79 Å². The zero-order valence-electron chi connectivity index (χ0n) is 27.6. The highest BCUT2D eigenvalue weighted by molar-refractivity contribution is 5.86. The third kappa shape index (κ3) is 11.6. The van der Waals surface area contributed by atoms with E-state index in [1.54, 1.807) is 0 Å². The number of hydrogen-bond donors (Lipinski definition) is 3. The van der Waals surface area contributed by atoms with Crippen LogP contribution in [-0.2, 0) is 44.9 Å². The molecule has 0 spiro atoms. The first-order valence-electron chi connectivity index (χ1n) is 17.2. The summed E-state index contributed by atoms with van der Waals surface area (Å²) in [6.07, 6.45) is 7.57. The van der Waals surface area contributed by atoms with Gasteiger partial charge in [-0.1, -0.05) is 98.3 Å². The van der Waals surface area contributed by atoms with Gasteiger partial charge >= 0.3 is 5.97 Å². The van der Waals surface area contributed by atoms with Gasteiger partial charge in [-0.05, 0) is 73.6 Å². The van der Waals surface area contributed by atoms with E-state index < -0.39 is 12.0 Å². The third-order valence-electron chi connectivity index (χ3n) is 9.54. The lowest BCUT2D eigenvalue weighted by molar-refractivity contribution is -0.142. The second-order valence-corrected chi connectivity index (χ2v) is 13.2. The van der Waals surface area contributed by atoms with Crippen molar-refractivity contribution in [1.82, 2.24) is 5.32 Å². The Morgan fingerprint density at radius 3 is 1.91 bits per heavy atom. The summed E-state index contributed by atoms with van der Waals surface area (Å²) in [5.74, 6) is -1.31. The lowest BCUT2D eigenvalue weighted by atomic mass is 9.75. The summed E-state index contributed by atoms with van der Waals surface area (Å²) >= 11 is 0. The number of carbonyl (C=O) groups excluding carboxylic acids is 3. The first-order valence-corrected chi connectivity index (χ1v) is 17.2. The summed E-state index contributed by atoms with van der Waals surface area (Å²) in [7, 11) is 0. The van der Waals surface area contributed by atoms with Gasteiger partial charge in [0, 0.05) is 43.1 Å². The van der Waals surface area contributed by atoms with Gasteiger partial charge < -0.3 is 16.2 Å². The zero-order chi connectivity index (χ0) is 33.6. The number of carboxylic acids is 1. The van der Waals surface area contributed by atoms with Crippen LogP contribution < -0.4 is 11.1 Å². The molecular formula is C40H50N2O5. The lowest BCUT2D eigenvalue weighted by Gasteiger charge is -2.28. The number of nitrogens with two attached hydrogens (primary N) is 1. The molecule has 1 aliphatic rings. The van der Waals surface area contributed by atoms with E-state index in [4.69, 9.17) is 5.73 Å². The Kier molecular flexibility index (Phi) is 13.9. The summed E-state index contributed by atoms with van der Waals surface area (Å²) in [6, 6.07) is 26.3. The first kappa shape index (κ1) is 35.7. The molecule has 47 heavy (non-hydrogen) atoms. The number of rotatable bonds is 18. The predicted molar refractivity (Wildman–Crippen MR) is 185 cm³/mol. The fraction of sp³-hybridized carbons (Fsp3) is 0.450. The monoisotopic (exact) mass is 638 g/mol. The van der Waals surface area contributed by atoms with E-state index in [1.165, 1.54) is 0 Å². The molecule has 4 unspecified atom stereocenters. The Labute approximate surface area is 279 Å². The maximum Gasteiger partial charge on any atom is 0.326 e. The van der Waals surface area contributed by atoms with Crippen LogP contribution in [0.2, 0.25) is 0 Å². The Balaban J connectivity index is 1.20. The minimum Gasteiger partial charge on any atom is -0.480 e. The number of aliphatic carboxylic acids is 1. The van der Waals surface area contributed by atoms with Gasteiger partial charge in [0.05, 0.1) is 0 Å². The lowest BCUT2D eigenvalue weighted by Crippen LogP contribution is -2.45. The first-order chi connectivity index (χ1) is 22.7. The maximum absolute atomic E-state index is 13.1. The topological polar surface area (TPSA) is 127 Å². The van der Waals surface area contributed by atoms with Crippen molar-refractivity contribution in [3.05, 3.63) is 107 Å². The molecule has 0 aromatic heterocycles. The van der Waals surface area contributed by atoms with Gasteiger partial charge in [0.2, 0.25) is 5.91 Å². The Bertz CT molecular complexity index is 1440. The highest BCUT2D eigenvalue weighted by atomic mass is 16.4. The van der Waals surface area contributed by atoms with Crippen LogP contribution in [-0.4, -0.2) is 40.6 Å². The number of aryl methyl sites for hydroxylation is 1. The summed E-state index contributed by atoms with van der Waals surface area (Å²) in [6.45, 7) is 1.94. The quantitative estimate of drug-likeness (QED) is 0.150. The Morgan fingerprint density at radius 2 is 1.32 bits per heavy atom. The molecular weight excluding hydrogens is 588 g/mol. The Morgan fingerprint density at radius 1 is 0.766 bits per heavy atom. The number of nitrogens with one attached hydrogen (secondary N) is 1. The molecule has 250 valence electrons. The fourth-order valence-electron chi connectivity index (χ4n) is 6.75.